The van der Waals surface area contributed by atoms with Crippen LogP contribution in [-0.4, -0.2) is 36.5 Å². The van der Waals surface area contributed by atoms with Crippen LogP contribution in [-0.2, 0) is 4.79 Å². The molecule has 1 saturated carbocycles. The molecule has 2 rings (SSSR count). The number of hydrogen-bond donors (Lipinski definition) is 1. The summed E-state index contributed by atoms with van der Waals surface area (Å²) >= 11 is 0. The van der Waals surface area contributed by atoms with Crippen LogP contribution in [0.4, 0.5) is 0 Å². The molecule has 2 aliphatic rings. The summed E-state index contributed by atoms with van der Waals surface area (Å²) in [7, 11) is 2.05. The van der Waals surface area contributed by atoms with Gasteiger partial charge in [0.2, 0.25) is 5.91 Å². The van der Waals surface area contributed by atoms with E-state index in [0.29, 0.717) is 0 Å². The maximum atomic E-state index is 12.1. The van der Waals surface area contributed by atoms with Gasteiger partial charge in [0, 0.05) is 19.0 Å². The normalized spacial score (nSPS) is 30.4. The number of nitriles is 1. The fourth-order valence-corrected chi connectivity index (χ4v) is 2.50. The number of likely N-dealkylation sites (tertiary alicyclic amines) is 1. The van der Waals surface area contributed by atoms with Crippen molar-refractivity contribution in [2.75, 3.05) is 20.1 Å². The third kappa shape index (κ3) is 2.44. The summed E-state index contributed by atoms with van der Waals surface area (Å²) in [5.41, 5.74) is -0.492. The summed E-state index contributed by atoms with van der Waals surface area (Å²) < 4.78 is 0. The Morgan fingerprint density at radius 1 is 1.41 bits per heavy atom. The molecule has 0 aromatic carbocycles. The van der Waals surface area contributed by atoms with E-state index in [1.807, 2.05) is 7.05 Å². The number of nitrogens with zero attached hydrogens (tertiary/aromatic N) is 2. The Morgan fingerprint density at radius 3 is 2.35 bits per heavy atom. The Balaban J connectivity index is 1.97. The Morgan fingerprint density at radius 2 is 1.94 bits per heavy atom. The van der Waals surface area contributed by atoms with Crippen molar-refractivity contribution >= 4 is 5.91 Å². The van der Waals surface area contributed by atoms with Gasteiger partial charge in [-0.2, -0.15) is 5.26 Å². The van der Waals surface area contributed by atoms with Crippen molar-refractivity contribution in [3.63, 3.8) is 0 Å². The lowest BCUT2D eigenvalue weighted by Crippen LogP contribution is -2.54. The molecule has 1 aliphatic carbocycles. The lowest BCUT2D eigenvalue weighted by atomic mass is 9.88. The smallest absolute Gasteiger partial charge is 0.224 e. The number of carbonyl (C=O) groups is 1. The first-order chi connectivity index (χ1) is 7.88. The van der Waals surface area contributed by atoms with E-state index in [-0.39, 0.29) is 17.2 Å². The molecule has 4 heteroatoms. The largest absolute Gasteiger partial charge is 0.337 e. The summed E-state index contributed by atoms with van der Waals surface area (Å²) in [6.07, 6.45) is 2.41. The molecule has 2 fully saturated rings. The van der Waals surface area contributed by atoms with Gasteiger partial charge in [-0.1, -0.05) is 13.8 Å². The molecule has 0 bridgehead atoms. The molecule has 1 N–H and O–H groups in total. The van der Waals surface area contributed by atoms with Crippen LogP contribution in [0.5, 0.6) is 0 Å². The lowest BCUT2D eigenvalue weighted by molar-refractivity contribution is -0.124. The minimum absolute atomic E-state index is 0.0705. The summed E-state index contributed by atoms with van der Waals surface area (Å²) in [6.45, 7) is 5.96. The van der Waals surface area contributed by atoms with Crippen molar-refractivity contribution in [2.24, 2.45) is 11.3 Å². The minimum atomic E-state index is -0.623. The molecule has 0 aromatic heterocycles. The van der Waals surface area contributed by atoms with Gasteiger partial charge in [0.15, 0.2) is 0 Å². The summed E-state index contributed by atoms with van der Waals surface area (Å²) in [4.78, 5) is 14.3. The minimum Gasteiger partial charge on any atom is -0.337 e. The van der Waals surface area contributed by atoms with Crippen LogP contribution >= 0.6 is 0 Å². The first-order valence-electron chi connectivity index (χ1n) is 6.30. The van der Waals surface area contributed by atoms with Crippen molar-refractivity contribution in [2.45, 2.75) is 38.6 Å². The van der Waals surface area contributed by atoms with E-state index in [0.717, 1.165) is 32.4 Å². The van der Waals surface area contributed by atoms with Crippen molar-refractivity contribution in [1.29, 1.82) is 5.26 Å². The molecular formula is C13H21N3O. The second-order valence-corrected chi connectivity index (χ2v) is 6.23. The van der Waals surface area contributed by atoms with Gasteiger partial charge in [-0.15, -0.1) is 0 Å². The maximum absolute atomic E-state index is 12.1. The lowest BCUT2D eigenvalue weighted by Gasteiger charge is -2.36. The van der Waals surface area contributed by atoms with Gasteiger partial charge in [-0.3, -0.25) is 4.79 Å². The van der Waals surface area contributed by atoms with Crippen LogP contribution in [0, 0.1) is 22.7 Å². The van der Waals surface area contributed by atoms with Crippen LogP contribution in [0.2, 0.25) is 0 Å². The predicted octanol–water partition coefficient (Wildman–Crippen LogP) is 1.14. The maximum Gasteiger partial charge on any atom is 0.224 e. The number of amides is 1. The summed E-state index contributed by atoms with van der Waals surface area (Å²) in [5, 5.41) is 12.3. The monoisotopic (exact) mass is 235 g/mol. The molecule has 1 aliphatic heterocycles. The van der Waals surface area contributed by atoms with Crippen molar-refractivity contribution in [1.82, 2.24) is 10.2 Å². The third-order valence-corrected chi connectivity index (χ3v) is 4.25. The van der Waals surface area contributed by atoms with Gasteiger partial charge in [0.05, 0.1) is 6.07 Å². The molecule has 0 spiro atoms. The molecule has 17 heavy (non-hydrogen) atoms. The molecule has 0 aromatic rings. The van der Waals surface area contributed by atoms with Crippen molar-refractivity contribution < 1.29 is 4.79 Å². The van der Waals surface area contributed by atoms with Gasteiger partial charge >= 0.3 is 0 Å². The van der Waals surface area contributed by atoms with Gasteiger partial charge in [-0.25, -0.2) is 0 Å². The molecule has 1 unspecified atom stereocenters. The van der Waals surface area contributed by atoms with E-state index >= 15 is 0 Å². The first kappa shape index (κ1) is 12.4. The van der Waals surface area contributed by atoms with Gasteiger partial charge in [0.25, 0.3) is 0 Å². The van der Waals surface area contributed by atoms with Crippen molar-refractivity contribution in [3.8, 4) is 6.07 Å². The number of hydrogen-bond acceptors (Lipinski definition) is 3. The van der Waals surface area contributed by atoms with Gasteiger partial charge < -0.3 is 10.2 Å². The molecular weight excluding hydrogens is 214 g/mol. The first-order valence-corrected chi connectivity index (χ1v) is 6.30. The standard InChI is InChI=1S/C13H21N3O/c1-12(2)8-10(12)11(17)15-13(9-14)4-6-16(3)7-5-13/h10H,4-8H2,1-3H3,(H,15,17). The zero-order valence-corrected chi connectivity index (χ0v) is 10.9. The number of rotatable bonds is 2. The van der Waals surface area contributed by atoms with Crippen LogP contribution in [0.15, 0.2) is 0 Å². The second kappa shape index (κ2) is 3.99. The van der Waals surface area contributed by atoms with E-state index < -0.39 is 5.54 Å². The Labute approximate surface area is 103 Å². The van der Waals surface area contributed by atoms with Crippen LogP contribution in [0.1, 0.15) is 33.1 Å². The molecule has 94 valence electrons. The highest BCUT2D eigenvalue weighted by atomic mass is 16.2. The molecule has 1 amide bonds. The van der Waals surface area contributed by atoms with Crippen LogP contribution in [0.3, 0.4) is 0 Å². The van der Waals surface area contributed by atoms with Crippen LogP contribution in [0.25, 0.3) is 0 Å². The highest BCUT2D eigenvalue weighted by molar-refractivity contribution is 5.83. The predicted molar refractivity (Wildman–Crippen MR) is 65.1 cm³/mol. The summed E-state index contributed by atoms with van der Waals surface area (Å²) in [5.74, 6) is 0.175. The quantitative estimate of drug-likeness (QED) is 0.780. The third-order valence-electron chi connectivity index (χ3n) is 4.25. The molecule has 1 atom stereocenters. The molecule has 1 heterocycles. The molecule has 0 radical (unpaired) electrons. The fraction of sp³-hybridized carbons (Fsp3) is 0.846. The zero-order chi connectivity index (χ0) is 12.7. The van der Waals surface area contributed by atoms with E-state index in [1.165, 1.54) is 0 Å². The Bertz CT molecular complexity index is 361. The van der Waals surface area contributed by atoms with E-state index in [9.17, 15) is 10.1 Å². The fourth-order valence-electron chi connectivity index (χ4n) is 2.50. The Kier molecular flexibility index (Phi) is 2.90. The average molecular weight is 235 g/mol. The summed E-state index contributed by atoms with van der Waals surface area (Å²) in [6, 6.07) is 2.32. The molecule has 4 nitrogen and oxygen atoms in total. The molecule has 1 saturated heterocycles. The second-order valence-electron chi connectivity index (χ2n) is 6.23. The highest BCUT2D eigenvalue weighted by Gasteiger charge is 2.52. The number of piperidine rings is 1. The van der Waals surface area contributed by atoms with E-state index in [2.05, 4.69) is 30.1 Å². The topological polar surface area (TPSA) is 56.1 Å². The number of carbonyl (C=O) groups excluding carboxylic acids is 1. The SMILES string of the molecule is CN1CCC(C#N)(NC(=O)C2CC2(C)C)CC1. The highest BCUT2D eigenvalue weighted by Crippen LogP contribution is 2.51. The van der Waals surface area contributed by atoms with Gasteiger partial charge in [-0.05, 0) is 31.7 Å². The van der Waals surface area contributed by atoms with Crippen molar-refractivity contribution in [3.05, 3.63) is 0 Å². The zero-order valence-electron chi connectivity index (χ0n) is 10.9. The average Bonchev–Trinajstić information content (AvgIpc) is 2.92. The van der Waals surface area contributed by atoms with Gasteiger partial charge in [0.1, 0.15) is 5.54 Å². The van der Waals surface area contributed by atoms with E-state index in [4.69, 9.17) is 0 Å². The van der Waals surface area contributed by atoms with E-state index in [1.54, 1.807) is 0 Å². The van der Waals surface area contributed by atoms with Crippen LogP contribution < -0.4 is 5.32 Å². The number of nitrogens with one attached hydrogen (secondary N) is 1. The Hall–Kier alpha value is -1.08.